The topological polar surface area (TPSA) is 46.7 Å². The van der Waals surface area contributed by atoms with Gasteiger partial charge in [-0.15, -0.1) is 0 Å². The van der Waals surface area contributed by atoms with E-state index in [1.54, 1.807) is 0 Å². The molecular formula is C29H29Br2Cl2N2OW-. The van der Waals surface area contributed by atoms with Crippen LogP contribution in [0.4, 0.5) is 5.69 Å². The first kappa shape index (κ1) is 31.9. The SMILES string of the molecule is CC(C)([CH]=[W]=[N]c1c(Cl)cccc1Cl)c1ccccc1.Cc1cc(Br)c(O)c(Br)c1.Cc1ccc(C)[n-]1. The number of hydrogen-bond acceptors (Lipinski definition) is 2. The molecule has 0 aliphatic carbocycles. The molecule has 1 N–H and O–H groups in total. The van der Waals surface area contributed by atoms with Crippen molar-refractivity contribution in [2.24, 2.45) is 3.50 Å². The summed E-state index contributed by atoms with van der Waals surface area (Å²) < 4.78 is 8.44. The molecule has 3 aromatic carbocycles. The molecule has 0 fully saturated rings. The first-order chi connectivity index (χ1) is 17.4. The average Bonchev–Trinajstić information content (AvgIpc) is 3.23. The molecule has 3 nitrogen and oxygen atoms in total. The number of rotatable bonds is 3. The molecule has 0 aliphatic heterocycles. The Balaban J connectivity index is 0.000000233. The summed E-state index contributed by atoms with van der Waals surface area (Å²) in [6.45, 7) is 10.4. The zero-order chi connectivity index (χ0) is 27.6. The summed E-state index contributed by atoms with van der Waals surface area (Å²) in [5.41, 5.74) is 5.40. The molecule has 1 heterocycles. The number of benzene rings is 3. The number of phenolic OH excluding ortho intramolecular Hbond substituents is 1. The predicted octanol–water partition coefficient (Wildman–Crippen LogP) is 10.2. The summed E-state index contributed by atoms with van der Waals surface area (Å²) >= 11 is 17.7. The summed E-state index contributed by atoms with van der Waals surface area (Å²) in [5.74, 6) is 0.255. The Bertz CT molecular complexity index is 1320. The molecule has 1 aromatic heterocycles. The Hall–Kier alpha value is -1.36. The Morgan fingerprint density at radius 2 is 1.35 bits per heavy atom. The largest absolute Gasteiger partial charge is 0.665 e. The maximum absolute atomic E-state index is 9.24. The van der Waals surface area contributed by atoms with Crippen LogP contribution in [0.15, 0.2) is 85.2 Å². The van der Waals surface area contributed by atoms with Crippen molar-refractivity contribution in [3.63, 3.8) is 0 Å². The van der Waals surface area contributed by atoms with E-state index in [0.717, 1.165) is 31.6 Å². The molecule has 0 amide bonds. The summed E-state index contributed by atoms with van der Waals surface area (Å²) in [6, 6.07) is 23.7. The summed E-state index contributed by atoms with van der Waals surface area (Å²) in [7, 11) is 0. The van der Waals surface area contributed by atoms with Gasteiger partial charge in [-0.1, -0.05) is 26.0 Å². The van der Waals surface area contributed by atoms with Crippen LogP contribution in [0.1, 0.15) is 36.4 Å². The van der Waals surface area contributed by atoms with Gasteiger partial charge >= 0.3 is 138 Å². The van der Waals surface area contributed by atoms with E-state index in [0.29, 0.717) is 10.0 Å². The smallest absolute Gasteiger partial charge is 0.143 e. The normalized spacial score (nSPS) is 10.4. The van der Waals surface area contributed by atoms with Gasteiger partial charge in [-0.25, -0.2) is 0 Å². The van der Waals surface area contributed by atoms with Gasteiger partial charge in [0.1, 0.15) is 5.75 Å². The fraction of sp³-hybridized carbons (Fsp3) is 0.207. The third-order valence-electron chi connectivity index (χ3n) is 5.03. The second-order valence-electron chi connectivity index (χ2n) is 8.78. The van der Waals surface area contributed by atoms with Crippen molar-refractivity contribution < 1.29 is 23.0 Å². The fourth-order valence-corrected chi connectivity index (χ4v) is 8.02. The molecule has 0 spiro atoms. The molecule has 0 aliphatic rings. The monoisotopic (exact) mass is 833 g/mol. The third kappa shape index (κ3) is 10.7. The van der Waals surface area contributed by atoms with Crippen LogP contribution in [0.5, 0.6) is 5.75 Å². The molecule has 0 atom stereocenters. The molecule has 0 saturated heterocycles. The second kappa shape index (κ2) is 15.3. The number of phenols is 1. The van der Waals surface area contributed by atoms with Gasteiger partial charge in [0.15, 0.2) is 0 Å². The molecule has 0 saturated carbocycles. The van der Waals surface area contributed by atoms with Crippen LogP contribution in [0.25, 0.3) is 0 Å². The molecule has 4 aromatic rings. The standard InChI is InChI=1S/C10H12.C7H6Br2O.C6H3Cl2N.C6H8N.W/c1-10(2,3)9-7-5-4-6-8-9;1-4-2-5(8)7(10)6(9)3-4;7-4-2-1-3-5(8)6(4)9;1-5-3-4-6(2)7-5;/h1,4-8H,2-3H3;2-3,10H,1H3;1-3H;3-4H,1-2H3;/q;;;-1;. The van der Waals surface area contributed by atoms with Crippen molar-refractivity contribution in [2.45, 2.75) is 40.0 Å². The molecule has 37 heavy (non-hydrogen) atoms. The average molecular weight is 836 g/mol. The molecule has 8 heteroatoms. The number of aryl methyl sites for hydroxylation is 3. The van der Waals surface area contributed by atoms with E-state index in [4.69, 9.17) is 23.2 Å². The minimum atomic E-state index is -1.01. The number of hydrogen-bond donors (Lipinski definition) is 1. The van der Waals surface area contributed by atoms with Crippen LogP contribution >= 0.6 is 55.1 Å². The molecule has 196 valence electrons. The van der Waals surface area contributed by atoms with Crippen molar-refractivity contribution in [1.82, 2.24) is 4.98 Å². The van der Waals surface area contributed by atoms with E-state index in [1.807, 2.05) is 69.3 Å². The first-order valence-corrected chi connectivity index (χ1v) is 16.7. The van der Waals surface area contributed by atoms with Gasteiger partial charge in [0.05, 0.1) is 8.95 Å². The Kier molecular flexibility index (Phi) is 13.2. The molecule has 0 bridgehead atoms. The third-order valence-corrected chi connectivity index (χ3v) is 10.4. The maximum atomic E-state index is 9.24. The van der Waals surface area contributed by atoms with E-state index < -0.39 is 17.9 Å². The Morgan fingerprint density at radius 3 is 1.81 bits per heavy atom. The van der Waals surface area contributed by atoms with Crippen LogP contribution in [0, 0.1) is 20.8 Å². The van der Waals surface area contributed by atoms with E-state index in [-0.39, 0.29) is 11.2 Å². The number of halogens is 4. The summed E-state index contributed by atoms with van der Waals surface area (Å²) in [5, 5.41) is 10.5. The summed E-state index contributed by atoms with van der Waals surface area (Å²) in [6.07, 6.45) is 0. The molecule has 0 unspecified atom stereocenters. The first-order valence-electron chi connectivity index (χ1n) is 11.3. The van der Waals surface area contributed by atoms with Crippen molar-refractivity contribution >= 4 is 65.1 Å². The Morgan fingerprint density at radius 1 is 0.838 bits per heavy atom. The minimum Gasteiger partial charge on any atom is -0.665 e. The second-order valence-corrected chi connectivity index (χ2v) is 13.6. The van der Waals surface area contributed by atoms with Crippen molar-refractivity contribution in [3.8, 4) is 5.75 Å². The van der Waals surface area contributed by atoms with Gasteiger partial charge in [-0.05, 0) is 56.5 Å². The van der Waals surface area contributed by atoms with Crippen LogP contribution in [-0.4, -0.2) is 9.51 Å². The van der Waals surface area contributed by atoms with Crippen molar-refractivity contribution in [1.29, 1.82) is 0 Å². The molecule has 0 radical (unpaired) electrons. The quantitative estimate of drug-likeness (QED) is 0.224. The predicted molar refractivity (Wildman–Crippen MR) is 162 cm³/mol. The number of aromatic nitrogens is 1. The minimum absolute atomic E-state index is 0.0309. The van der Waals surface area contributed by atoms with Crippen LogP contribution < -0.4 is 4.98 Å². The van der Waals surface area contributed by atoms with E-state index in [1.165, 1.54) is 5.56 Å². The fourth-order valence-electron chi connectivity index (χ4n) is 3.01. The Labute approximate surface area is 254 Å². The van der Waals surface area contributed by atoms with Crippen LogP contribution in [-0.2, 0) is 23.3 Å². The molecule has 4 rings (SSSR count). The van der Waals surface area contributed by atoms with E-state index in [9.17, 15) is 5.11 Å². The van der Waals surface area contributed by atoms with Gasteiger partial charge in [-0.3, -0.25) is 0 Å². The maximum Gasteiger partial charge on any atom is 0.143 e. The van der Waals surface area contributed by atoms with Gasteiger partial charge in [0.25, 0.3) is 0 Å². The van der Waals surface area contributed by atoms with Crippen LogP contribution in [0.2, 0.25) is 10.0 Å². The van der Waals surface area contributed by atoms with Crippen molar-refractivity contribution in [3.05, 3.63) is 114 Å². The van der Waals surface area contributed by atoms with E-state index >= 15 is 0 Å². The number of aromatic hydroxyl groups is 1. The zero-order valence-electron chi connectivity index (χ0n) is 21.3. The van der Waals surface area contributed by atoms with Crippen molar-refractivity contribution in [2.75, 3.05) is 0 Å². The van der Waals surface area contributed by atoms with Gasteiger partial charge in [-0.2, -0.15) is 11.4 Å². The van der Waals surface area contributed by atoms with E-state index in [2.05, 4.69) is 82.9 Å². The zero-order valence-corrected chi connectivity index (χ0v) is 28.9. The number of nitrogens with zero attached hydrogens (tertiary/aromatic N) is 2. The van der Waals surface area contributed by atoms with Crippen LogP contribution in [0.3, 0.4) is 0 Å². The van der Waals surface area contributed by atoms with Gasteiger partial charge in [0.2, 0.25) is 0 Å². The molecular weight excluding hydrogens is 807 g/mol. The van der Waals surface area contributed by atoms with Gasteiger partial charge in [0, 0.05) is 0 Å². The summed E-state index contributed by atoms with van der Waals surface area (Å²) in [4.78, 5) is 4.11. The van der Waals surface area contributed by atoms with Gasteiger partial charge < -0.3 is 10.1 Å².